The number of H-pyrrole nitrogens is 1. The first-order chi connectivity index (χ1) is 10.2. The lowest BCUT2D eigenvalue weighted by Gasteiger charge is -2.14. The number of benzene rings is 1. The van der Waals surface area contributed by atoms with E-state index in [2.05, 4.69) is 15.5 Å². The predicted molar refractivity (Wildman–Crippen MR) is 76.6 cm³/mol. The first kappa shape index (κ1) is 13.6. The monoisotopic (exact) mass is 288 g/mol. The zero-order chi connectivity index (χ0) is 14.8. The van der Waals surface area contributed by atoms with Crippen LogP contribution < -0.4 is 10.2 Å². The van der Waals surface area contributed by atoms with Gasteiger partial charge < -0.3 is 10.4 Å². The number of aliphatic hydroxyl groups is 1. The Morgan fingerprint density at radius 2 is 2.29 bits per heavy atom. The van der Waals surface area contributed by atoms with Crippen molar-refractivity contribution < 1.29 is 14.7 Å². The first-order valence-corrected chi connectivity index (χ1v) is 6.82. The summed E-state index contributed by atoms with van der Waals surface area (Å²) < 4.78 is 0. The minimum absolute atomic E-state index is 0.111. The third-order valence-electron chi connectivity index (χ3n) is 3.61. The fourth-order valence-electron chi connectivity index (χ4n) is 2.57. The molecule has 1 aliphatic rings. The molecule has 1 aliphatic heterocycles. The first-order valence-electron chi connectivity index (χ1n) is 6.82. The van der Waals surface area contributed by atoms with Gasteiger partial charge in [-0.25, -0.2) is 0 Å². The van der Waals surface area contributed by atoms with Crippen LogP contribution in [-0.4, -0.2) is 46.8 Å². The van der Waals surface area contributed by atoms with Gasteiger partial charge in [0.15, 0.2) is 5.82 Å². The number of amides is 2. The van der Waals surface area contributed by atoms with Crippen LogP contribution >= 0.6 is 0 Å². The number of nitrogens with zero attached hydrogens (tertiary/aromatic N) is 2. The summed E-state index contributed by atoms with van der Waals surface area (Å²) in [5, 5.41) is 19.3. The maximum Gasteiger partial charge on any atom is 0.229 e. The summed E-state index contributed by atoms with van der Waals surface area (Å²) in [6.07, 6.45) is 0.165. The number of hydrogen-bond acceptors (Lipinski definition) is 4. The lowest BCUT2D eigenvalue weighted by atomic mass is 10.1. The van der Waals surface area contributed by atoms with Gasteiger partial charge in [0.1, 0.15) is 0 Å². The second kappa shape index (κ2) is 5.53. The number of anilines is 1. The van der Waals surface area contributed by atoms with Gasteiger partial charge in [0.2, 0.25) is 11.8 Å². The third-order valence-corrected chi connectivity index (χ3v) is 3.61. The summed E-state index contributed by atoms with van der Waals surface area (Å²) in [6, 6.07) is 7.55. The van der Waals surface area contributed by atoms with Crippen molar-refractivity contribution >= 4 is 28.5 Å². The highest BCUT2D eigenvalue weighted by molar-refractivity contribution is 6.05. The Kier molecular flexibility index (Phi) is 3.57. The van der Waals surface area contributed by atoms with Crippen molar-refractivity contribution in [1.29, 1.82) is 0 Å². The average molecular weight is 288 g/mol. The Morgan fingerprint density at radius 1 is 1.48 bits per heavy atom. The number of nitrogens with one attached hydrogen (secondary N) is 2. The molecule has 0 saturated carbocycles. The summed E-state index contributed by atoms with van der Waals surface area (Å²) in [7, 11) is 0. The molecule has 110 valence electrons. The molecule has 1 saturated heterocycles. The van der Waals surface area contributed by atoms with E-state index in [-0.39, 0.29) is 31.4 Å². The van der Waals surface area contributed by atoms with E-state index in [1.54, 1.807) is 4.90 Å². The van der Waals surface area contributed by atoms with Gasteiger partial charge in [-0.15, -0.1) is 0 Å². The molecule has 7 heteroatoms. The zero-order valence-corrected chi connectivity index (χ0v) is 11.4. The molecule has 2 amide bonds. The Morgan fingerprint density at radius 3 is 3.10 bits per heavy atom. The molecule has 3 rings (SSSR count). The van der Waals surface area contributed by atoms with Crippen molar-refractivity contribution in [2.75, 3.05) is 24.6 Å². The maximum absolute atomic E-state index is 12.1. The number of carbonyl (C=O) groups is 2. The van der Waals surface area contributed by atoms with E-state index in [0.717, 1.165) is 10.9 Å². The van der Waals surface area contributed by atoms with Gasteiger partial charge in [-0.2, -0.15) is 5.10 Å². The van der Waals surface area contributed by atoms with Gasteiger partial charge in [-0.05, 0) is 12.1 Å². The number of hydrogen-bond donors (Lipinski definition) is 3. The number of rotatable bonds is 4. The van der Waals surface area contributed by atoms with Crippen molar-refractivity contribution in [2.45, 2.75) is 6.42 Å². The van der Waals surface area contributed by atoms with Crippen molar-refractivity contribution in [2.24, 2.45) is 5.92 Å². The normalized spacial score (nSPS) is 18.4. The van der Waals surface area contributed by atoms with E-state index in [0.29, 0.717) is 12.4 Å². The van der Waals surface area contributed by atoms with Crippen LogP contribution in [0.4, 0.5) is 5.82 Å². The Labute approximate surface area is 120 Å². The Hall–Kier alpha value is -2.41. The van der Waals surface area contributed by atoms with Crippen LogP contribution in [0.2, 0.25) is 0 Å². The van der Waals surface area contributed by atoms with Crippen LogP contribution in [0.25, 0.3) is 10.9 Å². The molecule has 7 nitrogen and oxygen atoms in total. The number of fused-ring (bicyclic) bond motifs is 1. The molecular formula is C14H16N4O3. The molecule has 1 aromatic carbocycles. The van der Waals surface area contributed by atoms with E-state index in [1.807, 2.05) is 24.3 Å². The zero-order valence-electron chi connectivity index (χ0n) is 11.4. The molecular weight excluding hydrogens is 272 g/mol. The van der Waals surface area contributed by atoms with E-state index >= 15 is 0 Å². The molecule has 0 spiro atoms. The fraction of sp³-hybridized carbons (Fsp3) is 0.357. The van der Waals surface area contributed by atoms with Gasteiger partial charge >= 0.3 is 0 Å². The van der Waals surface area contributed by atoms with Gasteiger partial charge in [-0.3, -0.25) is 19.6 Å². The molecule has 1 fully saturated rings. The van der Waals surface area contributed by atoms with Crippen LogP contribution in [-0.2, 0) is 9.59 Å². The number of aromatic amines is 1. The van der Waals surface area contributed by atoms with Crippen LogP contribution in [0.1, 0.15) is 6.42 Å². The molecule has 0 bridgehead atoms. The maximum atomic E-state index is 12.1. The molecule has 3 N–H and O–H groups in total. The highest BCUT2D eigenvalue weighted by Crippen LogP contribution is 2.29. The second-order valence-electron chi connectivity index (χ2n) is 5.01. The van der Waals surface area contributed by atoms with Gasteiger partial charge in [0.05, 0.1) is 18.0 Å². The quantitative estimate of drug-likeness (QED) is 0.739. The highest BCUT2D eigenvalue weighted by Gasteiger charge is 2.36. The Balaban J connectivity index is 1.80. The van der Waals surface area contributed by atoms with Crippen molar-refractivity contribution in [3.8, 4) is 0 Å². The largest absolute Gasteiger partial charge is 0.395 e. The van der Waals surface area contributed by atoms with Crippen LogP contribution in [0.5, 0.6) is 0 Å². The molecule has 2 aromatic rings. The predicted octanol–water partition coefficient (Wildman–Crippen LogP) is 0.0243. The number of aliphatic hydroxyl groups excluding tert-OH is 1. The molecule has 1 unspecified atom stereocenters. The summed E-state index contributed by atoms with van der Waals surface area (Å²) in [5.74, 6) is -0.163. The molecule has 1 aromatic heterocycles. The van der Waals surface area contributed by atoms with Crippen LogP contribution in [0, 0.1) is 5.92 Å². The van der Waals surface area contributed by atoms with Gasteiger partial charge in [-0.1, -0.05) is 12.1 Å². The van der Waals surface area contributed by atoms with Crippen LogP contribution in [0.15, 0.2) is 24.3 Å². The molecule has 0 radical (unpaired) electrons. The molecule has 21 heavy (non-hydrogen) atoms. The van der Waals surface area contributed by atoms with Crippen LogP contribution in [0.3, 0.4) is 0 Å². The molecule has 1 atom stereocenters. The summed E-state index contributed by atoms with van der Waals surface area (Å²) in [5.41, 5.74) is 0.855. The van der Waals surface area contributed by atoms with Gasteiger partial charge in [0, 0.05) is 24.9 Å². The lowest BCUT2D eigenvalue weighted by Crippen LogP contribution is -2.34. The smallest absolute Gasteiger partial charge is 0.229 e. The third kappa shape index (κ3) is 2.47. The highest BCUT2D eigenvalue weighted by atomic mass is 16.3. The van der Waals surface area contributed by atoms with E-state index in [9.17, 15) is 9.59 Å². The SMILES string of the molecule is O=C(NCCO)C1CC(=O)N(c2n[nH]c3ccccc23)C1. The molecule has 2 heterocycles. The summed E-state index contributed by atoms with van der Waals surface area (Å²) in [6.45, 7) is 0.403. The van der Waals surface area contributed by atoms with Crippen molar-refractivity contribution in [3.05, 3.63) is 24.3 Å². The number of carbonyl (C=O) groups excluding carboxylic acids is 2. The standard InChI is InChI=1S/C14H16N4O3/c19-6-5-15-14(21)9-7-12(20)18(8-9)13-10-3-1-2-4-11(10)16-17-13/h1-4,9,19H,5-8H2,(H,15,21)(H,16,17). The molecule has 0 aliphatic carbocycles. The second-order valence-corrected chi connectivity index (χ2v) is 5.01. The van der Waals surface area contributed by atoms with Gasteiger partial charge in [0.25, 0.3) is 0 Å². The average Bonchev–Trinajstić information content (AvgIpc) is 3.08. The van der Waals surface area contributed by atoms with E-state index in [1.165, 1.54) is 0 Å². The fourth-order valence-corrected chi connectivity index (χ4v) is 2.57. The minimum Gasteiger partial charge on any atom is -0.395 e. The topological polar surface area (TPSA) is 98.3 Å². The number of para-hydroxylation sites is 1. The van der Waals surface area contributed by atoms with Crippen molar-refractivity contribution in [3.63, 3.8) is 0 Å². The Bertz CT molecular complexity index is 682. The summed E-state index contributed by atoms with van der Waals surface area (Å²) >= 11 is 0. The van der Waals surface area contributed by atoms with E-state index < -0.39 is 5.92 Å². The van der Waals surface area contributed by atoms with E-state index in [4.69, 9.17) is 5.11 Å². The minimum atomic E-state index is -0.403. The lowest BCUT2D eigenvalue weighted by molar-refractivity contribution is -0.126. The number of aromatic nitrogens is 2. The van der Waals surface area contributed by atoms with Crippen molar-refractivity contribution in [1.82, 2.24) is 15.5 Å². The summed E-state index contributed by atoms with van der Waals surface area (Å²) in [4.78, 5) is 25.6.